The standard InChI is InChI=1S/C23H19ClN4O2S/c24-17-8-9-19(25-15-17)27-10-12-28(13-11-27)23(29)21-20(16-5-2-1-3-6-16)26-22(31-21)18-7-4-14-30-18/h1-9,14-15H,10-13H2. The topological polar surface area (TPSA) is 62.5 Å². The molecular weight excluding hydrogens is 432 g/mol. The van der Waals surface area contributed by atoms with Crippen molar-refractivity contribution in [3.8, 4) is 22.0 Å². The van der Waals surface area contributed by atoms with E-state index in [0.717, 1.165) is 11.4 Å². The normalized spacial score (nSPS) is 14.1. The van der Waals surface area contributed by atoms with Crippen molar-refractivity contribution >= 4 is 34.7 Å². The third kappa shape index (κ3) is 4.06. The Morgan fingerprint density at radius 3 is 2.48 bits per heavy atom. The highest BCUT2D eigenvalue weighted by atomic mass is 35.5. The summed E-state index contributed by atoms with van der Waals surface area (Å²) in [6.45, 7) is 2.66. The summed E-state index contributed by atoms with van der Waals surface area (Å²) in [4.78, 5) is 27.3. The van der Waals surface area contributed by atoms with Crippen molar-refractivity contribution in [2.45, 2.75) is 0 Å². The van der Waals surface area contributed by atoms with Crippen LogP contribution >= 0.6 is 22.9 Å². The zero-order chi connectivity index (χ0) is 21.2. The van der Waals surface area contributed by atoms with E-state index in [0.29, 0.717) is 52.5 Å². The third-order valence-electron chi connectivity index (χ3n) is 5.20. The van der Waals surface area contributed by atoms with Crippen LogP contribution in [0.4, 0.5) is 5.82 Å². The molecule has 0 spiro atoms. The molecule has 1 amide bonds. The molecule has 8 heteroatoms. The number of furan rings is 1. The van der Waals surface area contributed by atoms with Gasteiger partial charge in [-0.15, -0.1) is 11.3 Å². The molecule has 1 fully saturated rings. The molecule has 1 saturated heterocycles. The molecule has 1 aromatic carbocycles. The van der Waals surface area contributed by atoms with E-state index in [-0.39, 0.29) is 5.91 Å². The lowest BCUT2D eigenvalue weighted by Crippen LogP contribution is -2.49. The van der Waals surface area contributed by atoms with Crippen molar-refractivity contribution in [3.63, 3.8) is 0 Å². The first-order valence-electron chi connectivity index (χ1n) is 9.95. The minimum absolute atomic E-state index is 0.00197. The van der Waals surface area contributed by atoms with Crippen molar-refractivity contribution in [1.82, 2.24) is 14.9 Å². The highest BCUT2D eigenvalue weighted by Gasteiger charge is 2.28. The SMILES string of the molecule is O=C(c1sc(-c2ccco2)nc1-c1ccccc1)N1CCN(c2ccc(Cl)cn2)CC1. The lowest BCUT2D eigenvalue weighted by atomic mass is 10.1. The lowest BCUT2D eigenvalue weighted by Gasteiger charge is -2.35. The minimum Gasteiger partial charge on any atom is -0.462 e. The molecule has 31 heavy (non-hydrogen) atoms. The van der Waals surface area contributed by atoms with E-state index in [4.69, 9.17) is 21.0 Å². The molecule has 4 aromatic rings. The number of rotatable bonds is 4. The van der Waals surface area contributed by atoms with E-state index in [1.807, 2.05) is 59.5 Å². The van der Waals surface area contributed by atoms with Gasteiger partial charge in [0.05, 0.1) is 17.0 Å². The van der Waals surface area contributed by atoms with Crippen LogP contribution in [0, 0.1) is 0 Å². The van der Waals surface area contributed by atoms with Gasteiger partial charge in [-0.25, -0.2) is 9.97 Å². The van der Waals surface area contributed by atoms with Crippen molar-refractivity contribution in [3.05, 3.63) is 77.0 Å². The van der Waals surface area contributed by atoms with Gasteiger partial charge in [0.2, 0.25) is 0 Å². The molecule has 0 atom stereocenters. The van der Waals surface area contributed by atoms with E-state index in [9.17, 15) is 4.79 Å². The molecule has 0 saturated carbocycles. The Bertz CT molecular complexity index is 1170. The van der Waals surface area contributed by atoms with Crippen LogP contribution in [0.15, 0.2) is 71.5 Å². The highest BCUT2D eigenvalue weighted by molar-refractivity contribution is 7.17. The average molecular weight is 451 g/mol. The molecule has 5 rings (SSSR count). The summed E-state index contributed by atoms with van der Waals surface area (Å²) < 4.78 is 5.52. The number of thiazole rings is 1. The van der Waals surface area contributed by atoms with Gasteiger partial charge in [0, 0.05) is 37.9 Å². The van der Waals surface area contributed by atoms with Crippen LogP contribution in [-0.4, -0.2) is 47.0 Å². The number of amides is 1. The van der Waals surface area contributed by atoms with Crippen LogP contribution in [0.5, 0.6) is 0 Å². The Labute approximate surface area is 188 Å². The van der Waals surface area contributed by atoms with Gasteiger partial charge in [-0.2, -0.15) is 0 Å². The number of hydrogen-bond donors (Lipinski definition) is 0. The first kappa shape index (κ1) is 19.8. The minimum atomic E-state index is -0.00197. The summed E-state index contributed by atoms with van der Waals surface area (Å²) in [6, 6.07) is 17.2. The largest absolute Gasteiger partial charge is 0.462 e. The fourth-order valence-electron chi connectivity index (χ4n) is 3.60. The molecule has 3 aromatic heterocycles. The summed E-state index contributed by atoms with van der Waals surface area (Å²) in [5, 5.41) is 1.32. The molecule has 0 aliphatic carbocycles. The first-order valence-corrected chi connectivity index (χ1v) is 11.1. The Kier molecular flexibility index (Phi) is 5.44. The molecule has 156 valence electrons. The predicted octanol–water partition coefficient (Wildman–Crippen LogP) is 5.08. The van der Waals surface area contributed by atoms with Gasteiger partial charge < -0.3 is 14.2 Å². The Balaban J connectivity index is 1.39. The van der Waals surface area contributed by atoms with Crippen LogP contribution in [0.3, 0.4) is 0 Å². The number of pyridine rings is 1. The molecule has 0 N–H and O–H groups in total. The summed E-state index contributed by atoms with van der Waals surface area (Å²) in [6.07, 6.45) is 3.26. The number of carbonyl (C=O) groups excluding carboxylic acids is 1. The monoisotopic (exact) mass is 450 g/mol. The van der Waals surface area contributed by atoms with Crippen molar-refractivity contribution in [1.29, 1.82) is 0 Å². The molecule has 0 unspecified atom stereocenters. The number of anilines is 1. The quantitative estimate of drug-likeness (QED) is 0.434. The van der Waals surface area contributed by atoms with Crippen LogP contribution in [0.25, 0.3) is 22.0 Å². The van der Waals surface area contributed by atoms with Gasteiger partial charge in [-0.05, 0) is 24.3 Å². The second-order valence-electron chi connectivity index (χ2n) is 7.15. The fourth-order valence-corrected chi connectivity index (χ4v) is 4.74. The smallest absolute Gasteiger partial charge is 0.266 e. The number of halogens is 1. The number of aromatic nitrogens is 2. The van der Waals surface area contributed by atoms with E-state index in [1.165, 1.54) is 11.3 Å². The first-order chi connectivity index (χ1) is 15.2. The highest BCUT2D eigenvalue weighted by Crippen LogP contribution is 2.35. The predicted molar refractivity (Wildman–Crippen MR) is 123 cm³/mol. The summed E-state index contributed by atoms with van der Waals surface area (Å²) >= 11 is 7.32. The Morgan fingerprint density at radius 2 is 1.81 bits per heavy atom. The van der Waals surface area contributed by atoms with E-state index >= 15 is 0 Å². The van der Waals surface area contributed by atoms with Crippen LogP contribution < -0.4 is 4.90 Å². The van der Waals surface area contributed by atoms with Gasteiger partial charge in [-0.3, -0.25) is 4.79 Å². The maximum Gasteiger partial charge on any atom is 0.266 e. The second kappa shape index (κ2) is 8.53. The zero-order valence-corrected chi connectivity index (χ0v) is 18.1. The molecule has 1 aliphatic rings. The number of nitrogens with zero attached hydrogens (tertiary/aromatic N) is 4. The van der Waals surface area contributed by atoms with Crippen LogP contribution in [0.1, 0.15) is 9.67 Å². The molecule has 0 radical (unpaired) electrons. The van der Waals surface area contributed by atoms with Gasteiger partial charge in [0.1, 0.15) is 10.7 Å². The number of piperazine rings is 1. The Morgan fingerprint density at radius 1 is 1.00 bits per heavy atom. The molecule has 0 bridgehead atoms. The molecular formula is C23H19ClN4O2S. The second-order valence-corrected chi connectivity index (χ2v) is 8.59. The maximum absolute atomic E-state index is 13.5. The Hall–Kier alpha value is -3.16. The molecule has 6 nitrogen and oxygen atoms in total. The number of benzene rings is 1. The van der Waals surface area contributed by atoms with E-state index in [1.54, 1.807) is 12.5 Å². The maximum atomic E-state index is 13.5. The molecule has 4 heterocycles. The van der Waals surface area contributed by atoms with E-state index < -0.39 is 0 Å². The van der Waals surface area contributed by atoms with Crippen LogP contribution in [0.2, 0.25) is 5.02 Å². The summed E-state index contributed by atoms with van der Waals surface area (Å²) in [7, 11) is 0. The third-order valence-corrected chi connectivity index (χ3v) is 6.48. The fraction of sp³-hybridized carbons (Fsp3) is 0.174. The number of hydrogen-bond acceptors (Lipinski definition) is 6. The van der Waals surface area contributed by atoms with Crippen molar-refractivity contribution < 1.29 is 9.21 Å². The summed E-state index contributed by atoms with van der Waals surface area (Å²) in [5.74, 6) is 1.54. The van der Waals surface area contributed by atoms with Crippen molar-refractivity contribution in [2.24, 2.45) is 0 Å². The lowest BCUT2D eigenvalue weighted by molar-refractivity contribution is 0.0752. The van der Waals surface area contributed by atoms with Crippen molar-refractivity contribution in [2.75, 3.05) is 31.1 Å². The zero-order valence-electron chi connectivity index (χ0n) is 16.6. The van der Waals surface area contributed by atoms with Gasteiger partial charge in [-0.1, -0.05) is 41.9 Å². The summed E-state index contributed by atoms with van der Waals surface area (Å²) in [5.41, 5.74) is 1.62. The van der Waals surface area contributed by atoms with Gasteiger partial charge in [0.15, 0.2) is 10.8 Å². The molecule has 1 aliphatic heterocycles. The van der Waals surface area contributed by atoms with E-state index in [2.05, 4.69) is 9.88 Å². The average Bonchev–Trinajstić information content (AvgIpc) is 3.50. The van der Waals surface area contributed by atoms with Crippen LogP contribution in [-0.2, 0) is 0 Å². The van der Waals surface area contributed by atoms with Gasteiger partial charge >= 0.3 is 0 Å². The van der Waals surface area contributed by atoms with Gasteiger partial charge in [0.25, 0.3) is 5.91 Å². The number of carbonyl (C=O) groups is 1.